The van der Waals surface area contributed by atoms with Crippen LogP contribution in [0.25, 0.3) is 22.6 Å². The van der Waals surface area contributed by atoms with Crippen LogP contribution in [0, 0.1) is 0 Å². The van der Waals surface area contributed by atoms with Gasteiger partial charge in [0.25, 0.3) is 5.91 Å². The van der Waals surface area contributed by atoms with Crippen molar-refractivity contribution in [1.82, 2.24) is 4.98 Å². The molecule has 1 aromatic heterocycles. The van der Waals surface area contributed by atoms with Crippen molar-refractivity contribution in [3.8, 4) is 5.75 Å². The van der Waals surface area contributed by atoms with E-state index in [0.29, 0.717) is 5.57 Å². The number of fused-ring (bicyclic) bond motifs is 2. The first-order valence-corrected chi connectivity index (χ1v) is 8.94. The summed E-state index contributed by atoms with van der Waals surface area (Å²) in [6.45, 7) is -0.0921. The molecule has 2 heterocycles. The standard InChI is InChI=1S/C21H21N3O4/c1-28-15-3-5-19-16(8-15)12(9-23-19)6-18-17-7-13(22-10-14(26)11-25)2-4-20(17)24-21(18)27/h2-9,14,22-23,25-26H,10-11H2,1H3,(H,24,27)/b18-6+. The highest BCUT2D eigenvalue weighted by atomic mass is 16.5. The van der Waals surface area contributed by atoms with Gasteiger partial charge >= 0.3 is 0 Å². The Hall–Kier alpha value is -3.29. The van der Waals surface area contributed by atoms with Crippen LogP contribution in [0.3, 0.4) is 0 Å². The lowest BCUT2D eigenvalue weighted by atomic mass is 10.0. The van der Waals surface area contributed by atoms with Gasteiger partial charge in [0, 0.05) is 51.7 Å². The van der Waals surface area contributed by atoms with Gasteiger partial charge in [0.2, 0.25) is 0 Å². The molecule has 1 atom stereocenters. The van der Waals surface area contributed by atoms with E-state index >= 15 is 0 Å². The van der Waals surface area contributed by atoms with E-state index in [4.69, 9.17) is 9.84 Å². The zero-order valence-electron chi connectivity index (χ0n) is 15.3. The molecule has 1 aliphatic heterocycles. The van der Waals surface area contributed by atoms with E-state index in [1.54, 1.807) is 7.11 Å². The SMILES string of the molecule is COc1ccc2[nH]cc(/C=C3/C(=O)Nc4ccc(NCC(O)CO)cc43)c2c1. The Morgan fingerprint density at radius 2 is 2.11 bits per heavy atom. The lowest BCUT2D eigenvalue weighted by Gasteiger charge is -2.11. The molecule has 1 aliphatic rings. The number of rotatable bonds is 6. The number of carbonyl (C=O) groups is 1. The number of nitrogens with one attached hydrogen (secondary N) is 3. The molecule has 1 unspecified atom stereocenters. The van der Waals surface area contributed by atoms with Crippen LogP contribution in [0.5, 0.6) is 5.75 Å². The Morgan fingerprint density at radius 1 is 1.25 bits per heavy atom. The second-order valence-electron chi connectivity index (χ2n) is 6.65. The molecule has 0 saturated carbocycles. The van der Waals surface area contributed by atoms with Crippen LogP contribution >= 0.6 is 0 Å². The minimum absolute atomic E-state index is 0.167. The van der Waals surface area contributed by atoms with Gasteiger partial charge in [0.05, 0.1) is 19.8 Å². The topological polar surface area (TPSA) is 107 Å². The van der Waals surface area contributed by atoms with Crippen LogP contribution in [-0.4, -0.2) is 47.5 Å². The van der Waals surface area contributed by atoms with Crippen LogP contribution in [-0.2, 0) is 4.79 Å². The number of benzene rings is 2. The van der Waals surface area contributed by atoms with Gasteiger partial charge in [-0.1, -0.05) is 0 Å². The summed E-state index contributed by atoms with van der Waals surface area (Å²) in [5.41, 5.74) is 4.69. The number of ether oxygens (including phenoxy) is 1. The lowest BCUT2D eigenvalue weighted by Crippen LogP contribution is -2.22. The number of aliphatic hydroxyl groups is 2. The molecule has 4 rings (SSSR count). The Balaban J connectivity index is 1.71. The summed E-state index contributed by atoms with van der Waals surface area (Å²) < 4.78 is 5.30. The molecule has 144 valence electrons. The summed E-state index contributed by atoms with van der Waals surface area (Å²) >= 11 is 0. The van der Waals surface area contributed by atoms with Crippen molar-refractivity contribution >= 4 is 39.8 Å². The molecule has 0 bridgehead atoms. The van der Waals surface area contributed by atoms with Crippen molar-refractivity contribution in [2.24, 2.45) is 0 Å². The molecular weight excluding hydrogens is 358 g/mol. The van der Waals surface area contributed by atoms with Gasteiger partial charge < -0.3 is 30.6 Å². The first kappa shape index (κ1) is 18.1. The van der Waals surface area contributed by atoms with Crippen molar-refractivity contribution in [2.45, 2.75) is 6.10 Å². The number of aromatic nitrogens is 1. The van der Waals surface area contributed by atoms with Crippen molar-refractivity contribution in [3.63, 3.8) is 0 Å². The highest BCUT2D eigenvalue weighted by Crippen LogP contribution is 2.36. The summed E-state index contributed by atoms with van der Waals surface area (Å²) in [5.74, 6) is 0.580. The maximum Gasteiger partial charge on any atom is 0.256 e. The van der Waals surface area contributed by atoms with E-state index in [1.165, 1.54) is 0 Å². The molecule has 0 saturated heterocycles. The van der Waals surface area contributed by atoms with Crippen molar-refractivity contribution in [3.05, 3.63) is 53.7 Å². The second kappa shape index (κ2) is 7.38. The van der Waals surface area contributed by atoms with Crippen LogP contribution < -0.4 is 15.4 Å². The van der Waals surface area contributed by atoms with Gasteiger partial charge in [0.15, 0.2) is 0 Å². The van der Waals surface area contributed by atoms with Crippen LogP contribution in [0.1, 0.15) is 11.1 Å². The number of methoxy groups -OCH3 is 1. The number of H-pyrrole nitrogens is 1. The normalized spacial score (nSPS) is 15.5. The summed E-state index contributed by atoms with van der Waals surface area (Å²) in [6.07, 6.45) is 2.87. The molecule has 0 aliphatic carbocycles. The minimum atomic E-state index is -0.843. The molecule has 7 nitrogen and oxygen atoms in total. The Morgan fingerprint density at radius 3 is 2.89 bits per heavy atom. The fourth-order valence-electron chi connectivity index (χ4n) is 3.26. The maximum absolute atomic E-state index is 12.5. The van der Waals surface area contributed by atoms with Crippen LogP contribution in [0.4, 0.5) is 11.4 Å². The van der Waals surface area contributed by atoms with E-state index in [-0.39, 0.29) is 19.1 Å². The fraction of sp³-hybridized carbons (Fsp3) is 0.190. The summed E-state index contributed by atoms with van der Waals surface area (Å²) in [7, 11) is 1.62. The number of hydrogen-bond donors (Lipinski definition) is 5. The molecule has 0 fully saturated rings. The van der Waals surface area contributed by atoms with Gasteiger partial charge in [-0.3, -0.25) is 4.79 Å². The number of hydrogen-bond acceptors (Lipinski definition) is 5. The van der Waals surface area contributed by atoms with Crippen LogP contribution in [0.15, 0.2) is 42.6 Å². The Kier molecular flexibility index (Phi) is 4.77. The molecule has 3 aromatic rings. The number of aliphatic hydroxyl groups excluding tert-OH is 2. The van der Waals surface area contributed by atoms with Gasteiger partial charge in [-0.25, -0.2) is 0 Å². The highest BCUT2D eigenvalue weighted by molar-refractivity contribution is 6.35. The first-order chi connectivity index (χ1) is 13.6. The number of aromatic amines is 1. The van der Waals surface area contributed by atoms with Gasteiger partial charge in [0.1, 0.15) is 5.75 Å². The quantitative estimate of drug-likeness (QED) is 0.423. The van der Waals surface area contributed by atoms with E-state index in [0.717, 1.165) is 39.2 Å². The Bertz CT molecular complexity index is 1070. The third-order valence-corrected chi connectivity index (χ3v) is 4.78. The average molecular weight is 379 g/mol. The smallest absolute Gasteiger partial charge is 0.256 e. The first-order valence-electron chi connectivity index (χ1n) is 8.94. The third-order valence-electron chi connectivity index (χ3n) is 4.78. The van der Waals surface area contributed by atoms with Gasteiger partial charge in [-0.2, -0.15) is 0 Å². The summed E-state index contributed by atoms with van der Waals surface area (Å²) in [6, 6.07) is 11.3. The van der Waals surface area contributed by atoms with E-state index in [2.05, 4.69) is 15.6 Å². The monoisotopic (exact) mass is 379 g/mol. The Labute approximate surface area is 161 Å². The minimum Gasteiger partial charge on any atom is -0.497 e. The molecule has 28 heavy (non-hydrogen) atoms. The van der Waals surface area contributed by atoms with Crippen molar-refractivity contribution in [1.29, 1.82) is 0 Å². The van der Waals surface area contributed by atoms with Gasteiger partial charge in [-0.05, 0) is 42.5 Å². The average Bonchev–Trinajstić information content (AvgIpc) is 3.26. The fourth-order valence-corrected chi connectivity index (χ4v) is 3.26. The highest BCUT2D eigenvalue weighted by Gasteiger charge is 2.25. The zero-order chi connectivity index (χ0) is 19.7. The predicted molar refractivity (Wildman–Crippen MR) is 109 cm³/mol. The van der Waals surface area contributed by atoms with E-state index in [1.807, 2.05) is 48.7 Å². The lowest BCUT2D eigenvalue weighted by molar-refractivity contribution is -0.110. The molecule has 0 spiro atoms. The number of anilines is 2. The molecule has 1 amide bonds. The largest absolute Gasteiger partial charge is 0.497 e. The number of amides is 1. The zero-order valence-corrected chi connectivity index (χ0v) is 15.3. The second-order valence-corrected chi connectivity index (χ2v) is 6.65. The number of carbonyl (C=O) groups excluding carboxylic acids is 1. The summed E-state index contributed by atoms with van der Waals surface area (Å²) in [5, 5.41) is 25.4. The van der Waals surface area contributed by atoms with E-state index < -0.39 is 6.10 Å². The molecule has 5 N–H and O–H groups in total. The molecule has 7 heteroatoms. The van der Waals surface area contributed by atoms with Gasteiger partial charge in [-0.15, -0.1) is 0 Å². The van der Waals surface area contributed by atoms with Crippen LogP contribution in [0.2, 0.25) is 0 Å². The van der Waals surface area contributed by atoms with Crippen molar-refractivity contribution in [2.75, 3.05) is 30.9 Å². The molecule has 2 aromatic carbocycles. The predicted octanol–water partition coefficient (Wildman–Crippen LogP) is 2.43. The third kappa shape index (κ3) is 3.33. The van der Waals surface area contributed by atoms with E-state index in [9.17, 15) is 9.90 Å². The summed E-state index contributed by atoms with van der Waals surface area (Å²) in [4.78, 5) is 15.7. The maximum atomic E-state index is 12.5. The molecule has 0 radical (unpaired) electrons. The van der Waals surface area contributed by atoms with Crippen molar-refractivity contribution < 1.29 is 19.7 Å². The molecular formula is C21H21N3O4.